The zero-order chi connectivity index (χ0) is 20.2. The molecule has 0 aliphatic carbocycles. The molecule has 2 heteroatoms. The molecule has 1 nitrogen and oxygen atoms in total. The van der Waals surface area contributed by atoms with Crippen LogP contribution in [-0.4, -0.2) is 0 Å². The lowest BCUT2D eigenvalue weighted by Crippen LogP contribution is -1.88. The van der Waals surface area contributed by atoms with Gasteiger partial charge in [-0.05, 0) is 42.0 Å². The Hall–Kier alpha value is -1.80. The standard InChI is InChI=1S/C27H36OS/c1-2-3-4-5-6-7-8-9-10-11-12-15-23-18-20-25(21-19-23)28-27-22-24-16-13-14-17-26(24)29-27/h13-14,16-22H,2-12,15H2,1H3. The van der Waals surface area contributed by atoms with Gasteiger partial charge in [0.1, 0.15) is 5.75 Å². The van der Waals surface area contributed by atoms with Gasteiger partial charge in [0.2, 0.25) is 0 Å². The van der Waals surface area contributed by atoms with Crippen LogP contribution in [0.25, 0.3) is 10.1 Å². The fourth-order valence-corrected chi connectivity index (χ4v) is 4.77. The Balaban J connectivity index is 1.28. The van der Waals surface area contributed by atoms with E-state index in [2.05, 4.69) is 61.5 Å². The number of rotatable bonds is 14. The molecule has 29 heavy (non-hydrogen) atoms. The molecule has 2 aromatic carbocycles. The second-order valence-electron chi connectivity index (χ2n) is 8.13. The van der Waals surface area contributed by atoms with Crippen molar-refractivity contribution in [3.63, 3.8) is 0 Å². The second-order valence-corrected chi connectivity index (χ2v) is 9.18. The van der Waals surface area contributed by atoms with Crippen LogP contribution in [0.3, 0.4) is 0 Å². The second kappa shape index (κ2) is 12.7. The SMILES string of the molecule is CCCCCCCCCCCCCc1ccc(Oc2cc3ccccc3s2)cc1. The predicted octanol–water partition coefficient (Wildman–Crippen LogP) is 9.55. The molecule has 0 unspecified atom stereocenters. The third-order valence-corrected chi connectivity index (χ3v) is 6.61. The number of fused-ring (bicyclic) bond motifs is 1. The van der Waals surface area contributed by atoms with Crippen molar-refractivity contribution < 1.29 is 4.74 Å². The van der Waals surface area contributed by atoms with Gasteiger partial charge >= 0.3 is 0 Å². The Labute approximate surface area is 181 Å². The molecule has 1 heterocycles. The Bertz CT molecular complexity index is 785. The molecule has 156 valence electrons. The summed E-state index contributed by atoms with van der Waals surface area (Å²) in [6.07, 6.45) is 16.6. The highest BCUT2D eigenvalue weighted by Crippen LogP contribution is 2.34. The number of aryl methyl sites for hydroxylation is 1. The highest BCUT2D eigenvalue weighted by molar-refractivity contribution is 7.20. The first-order valence-corrected chi connectivity index (χ1v) is 12.4. The zero-order valence-corrected chi connectivity index (χ0v) is 18.8. The van der Waals surface area contributed by atoms with Crippen molar-refractivity contribution >= 4 is 21.4 Å². The minimum Gasteiger partial charge on any atom is -0.447 e. The molecule has 0 bridgehead atoms. The van der Waals surface area contributed by atoms with Crippen molar-refractivity contribution in [2.75, 3.05) is 0 Å². The van der Waals surface area contributed by atoms with Crippen molar-refractivity contribution in [3.05, 3.63) is 60.2 Å². The van der Waals surface area contributed by atoms with E-state index in [0.717, 1.165) is 10.8 Å². The summed E-state index contributed by atoms with van der Waals surface area (Å²) in [6.45, 7) is 2.29. The van der Waals surface area contributed by atoms with Gasteiger partial charge in [0.25, 0.3) is 0 Å². The van der Waals surface area contributed by atoms with Crippen LogP contribution in [0.1, 0.15) is 83.1 Å². The van der Waals surface area contributed by atoms with Crippen molar-refractivity contribution in [1.29, 1.82) is 0 Å². The molecule has 0 aliphatic rings. The van der Waals surface area contributed by atoms with E-state index in [1.54, 1.807) is 11.3 Å². The van der Waals surface area contributed by atoms with Crippen LogP contribution >= 0.6 is 11.3 Å². The molecule has 0 N–H and O–H groups in total. The van der Waals surface area contributed by atoms with E-state index >= 15 is 0 Å². The average Bonchev–Trinajstić information content (AvgIpc) is 3.15. The summed E-state index contributed by atoms with van der Waals surface area (Å²) in [5.74, 6) is 0.930. The molecule has 0 radical (unpaired) electrons. The summed E-state index contributed by atoms with van der Waals surface area (Å²) < 4.78 is 7.32. The van der Waals surface area contributed by atoms with Gasteiger partial charge in [0.15, 0.2) is 5.06 Å². The lowest BCUT2D eigenvalue weighted by molar-refractivity contribution is 0.496. The summed E-state index contributed by atoms with van der Waals surface area (Å²) in [4.78, 5) is 0. The van der Waals surface area contributed by atoms with Gasteiger partial charge in [-0.3, -0.25) is 0 Å². The molecule has 0 spiro atoms. The van der Waals surface area contributed by atoms with E-state index < -0.39 is 0 Å². The van der Waals surface area contributed by atoms with Crippen LogP contribution in [0.5, 0.6) is 10.8 Å². The van der Waals surface area contributed by atoms with Crippen molar-refractivity contribution in [2.24, 2.45) is 0 Å². The van der Waals surface area contributed by atoms with Gasteiger partial charge in [-0.2, -0.15) is 0 Å². The smallest absolute Gasteiger partial charge is 0.182 e. The largest absolute Gasteiger partial charge is 0.447 e. The maximum Gasteiger partial charge on any atom is 0.182 e. The summed E-state index contributed by atoms with van der Waals surface area (Å²) >= 11 is 1.70. The Morgan fingerprint density at radius 3 is 1.97 bits per heavy atom. The van der Waals surface area contributed by atoms with Crippen LogP contribution in [0.2, 0.25) is 0 Å². The van der Waals surface area contributed by atoms with Crippen molar-refractivity contribution in [1.82, 2.24) is 0 Å². The third kappa shape index (κ3) is 7.85. The van der Waals surface area contributed by atoms with Gasteiger partial charge < -0.3 is 4.74 Å². The van der Waals surface area contributed by atoms with Crippen LogP contribution in [0.15, 0.2) is 54.6 Å². The Morgan fingerprint density at radius 2 is 1.31 bits per heavy atom. The fraction of sp³-hybridized carbons (Fsp3) is 0.481. The normalized spacial score (nSPS) is 11.2. The van der Waals surface area contributed by atoms with Crippen LogP contribution in [-0.2, 0) is 6.42 Å². The molecule has 0 saturated heterocycles. The van der Waals surface area contributed by atoms with E-state index in [1.807, 2.05) is 0 Å². The van der Waals surface area contributed by atoms with E-state index in [9.17, 15) is 0 Å². The zero-order valence-electron chi connectivity index (χ0n) is 18.0. The number of ether oxygens (including phenoxy) is 1. The minimum atomic E-state index is 0.930. The molecule has 0 fully saturated rings. The van der Waals surface area contributed by atoms with Crippen molar-refractivity contribution in [3.8, 4) is 10.8 Å². The fourth-order valence-electron chi connectivity index (χ4n) is 3.84. The molecule has 0 amide bonds. The molecule has 0 aliphatic heterocycles. The highest BCUT2D eigenvalue weighted by atomic mass is 32.1. The van der Waals surface area contributed by atoms with Crippen molar-refractivity contribution in [2.45, 2.75) is 84.0 Å². The van der Waals surface area contributed by atoms with Gasteiger partial charge in [-0.1, -0.05) is 113 Å². The molecule has 0 saturated carbocycles. The third-order valence-electron chi connectivity index (χ3n) is 5.61. The number of hydrogen-bond donors (Lipinski definition) is 0. The Kier molecular flexibility index (Phi) is 9.59. The molecule has 3 aromatic rings. The number of benzene rings is 2. The summed E-state index contributed by atoms with van der Waals surface area (Å²) in [5.41, 5.74) is 1.42. The van der Waals surface area contributed by atoms with E-state index in [1.165, 1.54) is 92.7 Å². The van der Waals surface area contributed by atoms with Gasteiger partial charge in [0.05, 0.1) is 0 Å². The molecular weight excluding hydrogens is 372 g/mol. The van der Waals surface area contributed by atoms with Crippen LogP contribution in [0, 0.1) is 0 Å². The monoisotopic (exact) mass is 408 g/mol. The molecule has 0 atom stereocenters. The Morgan fingerprint density at radius 1 is 0.690 bits per heavy atom. The van der Waals surface area contributed by atoms with Gasteiger partial charge in [-0.15, -0.1) is 0 Å². The first kappa shape index (κ1) is 21.9. The van der Waals surface area contributed by atoms with E-state index in [4.69, 9.17) is 4.74 Å². The lowest BCUT2D eigenvalue weighted by Gasteiger charge is -2.05. The quantitative estimate of drug-likeness (QED) is 0.241. The van der Waals surface area contributed by atoms with Gasteiger partial charge in [-0.25, -0.2) is 0 Å². The van der Waals surface area contributed by atoms with Crippen LogP contribution in [0.4, 0.5) is 0 Å². The van der Waals surface area contributed by atoms with Crippen LogP contribution < -0.4 is 4.74 Å². The minimum absolute atomic E-state index is 0.930. The summed E-state index contributed by atoms with van der Waals surface area (Å²) in [6, 6.07) is 19.2. The predicted molar refractivity (Wildman–Crippen MR) is 129 cm³/mol. The average molecular weight is 409 g/mol. The number of thiophene rings is 1. The highest BCUT2D eigenvalue weighted by Gasteiger charge is 2.04. The maximum atomic E-state index is 6.05. The number of hydrogen-bond acceptors (Lipinski definition) is 2. The lowest BCUT2D eigenvalue weighted by atomic mass is 10.0. The van der Waals surface area contributed by atoms with E-state index in [0.29, 0.717) is 0 Å². The maximum absolute atomic E-state index is 6.05. The number of unbranched alkanes of at least 4 members (excludes halogenated alkanes) is 10. The molecule has 3 rings (SSSR count). The van der Waals surface area contributed by atoms with E-state index in [-0.39, 0.29) is 0 Å². The first-order valence-electron chi connectivity index (χ1n) is 11.6. The summed E-state index contributed by atoms with van der Waals surface area (Å²) in [7, 11) is 0. The molecule has 1 aromatic heterocycles. The molecular formula is C27H36OS. The topological polar surface area (TPSA) is 9.23 Å². The first-order chi connectivity index (χ1) is 14.3. The van der Waals surface area contributed by atoms with Gasteiger partial charge in [0, 0.05) is 10.8 Å². The summed E-state index contributed by atoms with van der Waals surface area (Å²) in [5, 5.41) is 2.21.